The molecule has 4 nitrogen and oxygen atoms in total. The third kappa shape index (κ3) is 5.35. The molecule has 1 aromatic rings. The summed E-state index contributed by atoms with van der Waals surface area (Å²) in [7, 11) is 0. The van der Waals surface area contributed by atoms with Crippen molar-refractivity contribution < 1.29 is 9.53 Å². The smallest absolute Gasteiger partial charge is 0.261 e. The summed E-state index contributed by atoms with van der Waals surface area (Å²) in [6.45, 7) is 7.64. The highest BCUT2D eigenvalue weighted by Crippen LogP contribution is 2.25. The van der Waals surface area contributed by atoms with Gasteiger partial charge in [0.15, 0.2) is 6.10 Å². The van der Waals surface area contributed by atoms with Crippen molar-refractivity contribution in [1.29, 1.82) is 0 Å². The van der Waals surface area contributed by atoms with Gasteiger partial charge in [-0.15, -0.1) is 6.58 Å². The van der Waals surface area contributed by atoms with Crippen LogP contribution >= 0.6 is 15.9 Å². The Morgan fingerprint density at radius 3 is 2.85 bits per heavy atom. The molecule has 110 valence electrons. The molecule has 0 aromatic heterocycles. The van der Waals surface area contributed by atoms with Crippen LogP contribution in [0.15, 0.2) is 35.3 Å². The first-order valence-corrected chi connectivity index (χ1v) is 7.32. The van der Waals surface area contributed by atoms with Crippen molar-refractivity contribution in [3.8, 4) is 5.75 Å². The second-order valence-electron chi connectivity index (χ2n) is 4.73. The molecule has 0 bridgehead atoms. The van der Waals surface area contributed by atoms with Crippen LogP contribution in [0.1, 0.15) is 19.4 Å². The molecular weight excluding hydrogens is 320 g/mol. The zero-order valence-corrected chi connectivity index (χ0v) is 13.4. The van der Waals surface area contributed by atoms with Gasteiger partial charge in [0.2, 0.25) is 0 Å². The lowest BCUT2D eigenvalue weighted by Gasteiger charge is -2.18. The molecule has 0 heterocycles. The van der Waals surface area contributed by atoms with Crippen molar-refractivity contribution in [2.45, 2.75) is 32.4 Å². The molecule has 0 aliphatic carbocycles. The van der Waals surface area contributed by atoms with Gasteiger partial charge in [-0.3, -0.25) is 4.79 Å². The highest BCUT2D eigenvalue weighted by atomic mass is 79.9. The van der Waals surface area contributed by atoms with Gasteiger partial charge in [0.1, 0.15) is 5.75 Å². The first-order chi connectivity index (χ1) is 9.43. The summed E-state index contributed by atoms with van der Waals surface area (Å²) in [6, 6.07) is 5.72. The lowest BCUT2D eigenvalue weighted by molar-refractivity contribution is -0.127. The standard InChI is InChI=1S/C15H21BrN2O2/c1-4-7-18-15(19)11(3)20-14-6-5-13(16)9-12(14)8-10(2)17/h4-6,9-11H,1,7-8,17H2,2-3H3,(H,18,19). The van der Waals surface area contributed by atoms with Gasteiger partial charge in [0.05, 0.1) is 0 Å². The number of carbonyl (C=O) groups excluding carboxylic acids is 1. The number of nitrogens with one attached hydrogen (secondary N) is 1. The molecule has 0 saturated heterocycles. The first-order valence-electron chi connectivity index (χ1n) is 6.53. The fourth-order valence-electron chi connectivity index (χ4n) is 1.73. The maximum Gasteiger partial charge on any atom is 0.261 e. The van der Waals surface area contributed by atoms with Crippen molar-refractivity contribution in [1.82, 2.24) is 5.32 Å². The number of hydrogen-bond donors (Lipinski definition) is 2. The van der Waals surface area contributed by atoms with Crippen molar-refractivity contribution in [2.75, 3.05) is 6.54 Å². The average molecular weight is 341 g/mol. The van der Waals surface area contributed by atoms with Crippen LogP contribution in [0.4, 0.5) is 0 Å². The minimum atomic E-state index is -0.567. The van der Waals surface area contributed by atoms with Gasteiger partial charge >= 0.3 is 0 Å². The van der Waals surface area contributed by atoms with Gasteiger partial charge in [-0.05, 0) is 44.0 Å². The summed E-state index contributed by atoms with van der Waals surface area (Å²) >= 11 is 3.43. The third-order valence-corrected chi connectivity index (χ3v) is 3.15. The Bertz CT molecular complexity index is 475. The zero-order valence-electron chi connectivity index (χ0n) is 11.9. The Morgan fingerprint density at radius 2 is 2.25 bits per heavy atom. The van der Waals surface area contributed by atoms with E-state index < -0.39 is 6.10 Å². The Morgan fingerprint density at radius 1 is 1.55 bits per heavy atom. The first kappa shape index (κ1) is 16.7. The van der Waals surface area contributed by atoms with Crippen molar-refractivity contribution in [3.63, 3.8) is 0 Å². The summed E-state index contributed by atoms with van der Waals surface area (Å²) < 4.78 is 6.70. The van der Waals surface area contributed by atoms with Crippen molar-refractivity contribution in [3.05, 3.63) is 40.9 Å². The Labute approximate surface area is 128 Å². The molecule has 0 radical (unpaired) electrons. The van der Waals surface area contributed by atoms with Gasteiger partial charge in [0.25, 0.3) is 5.91 Å². The summed E-state index contributed by atoms with van der Waals surface area (Å²) in [5, 5.41) is 2.71. The molecule has 0 spiro atoms. The predicted octanol–water partition coefficient (Wildman–Crippen LogP) is 2.41. The van der Waals surface area contributed by atoms with E-state index in [4.69, 9.17) is 10.5 Å². The zero-order chi connectivity index (χ0) is 15.1. The molecule has 2 unspecified atom stereocenters. The maximum absolute atomic E-state index is 11.8. The van der Waals surface area contributed by atoms with Gasteiger partial charge in [-0.2, -0.15) is 0 Å². The Hall–Kier alpha value is -1.33. The molecule has 1 rings (SSSR count). The number of carbonyl (C=O) groups is 1. The maximum atomic E-state index is 11.8. The predicted molar refractivity (Wildman–Crippen MR) is 84.8 cm³/mol. The quantitative estimate of drug-likeness (QED) is 0.749. The van der Waals surface area contributed by atoms with E-state index in [1.165, 1.54) is 0 Å². The molecule has 0 fully saturated rings. The number of amides is 1. The van der Waals surface area contributed by atoms with E-state index in [2.05, 4.69) is 27.8 Å². The molecule has 0 saturated carbocycles. The van der Waals surface area contributed by atoms with E-state index >= 15 is 0 Å². The number of halogens is 1. The molecule has 20 heavy (non-hydrogen) atoms. The highest BCUT2D eigenvalue weighted by Gasteiger charge is 2.16. The number of benzene rings is 1. The van der Waals surface area contributed by atoms with Gasteiger partial charge < -0.3 is 15.8 Å². The molecule has 1 aromatic carbocycles. The minimum absolute atomic E-state index is 0.0246. The van der Waals surface area contributed by atoms with Crippen LogP contribution in [-0.2, 0) is 11.2 Å². The average Bonchev–Trinajstić information content (AvgIpc) is 2.38. The summed E-state index contributed by atoms with van der Waals surface area (Å²) in [5.41, 5.74) is 6.82. The van der Waals surface area contributed by atoms with Gasteiger partial charge in [0, 0.05) is 17.1 Å². The van der Waals surface area contributed by atoms with E-state index in [0.717, 1.165) is 10.0 Å². The van der Waals surface area contributed by atoms with Gasteiger partial charge in [-0.25, -0.2) is 0 Å². The Kier molecular flexibility index (Phi) is 6.75. The third-order valence-electron chi connectivity index (χ3n) is 2.66. The molecule has 1 amide bonds. The molecule has 5 heteroatoms. The van der Waals surface area contributed by atoms with Crippen LogP contribution in [0, 0.1) is 0 Å². The van der Waals surface area contributed by atoms with E-state index in [9.17, 15) is 4.79 Å². The van der Waals surface area contributed by atoms with Crippen LogP contribution in [-0.4, -0.2) is 24.6 Å². The van der Waals surface area contributed by atoms with Crippen molar-refractivity contribution in [2.24, 2.45) is 5.73 Å². The summed E-state index contributed by atoms with van der Waals surface area (Å²) in [5.74, 6) is 0.520. The van der Waals surface area contributed by atoms with E-state index in [1.54, 1.807) is 13.0 Å². The topological polar surface area (TPSA) is 64.3 Å². The summed E-state index contributed by atoms with van der Waals surface area (Å²) in [6.07, 6.45) is 1.75. The van der Waals surface area contributed by atoms with E-state index in [0.29, 0.717) is 18.7 Å². The molecule has 0 aliphatic rings. The molecular formula is C15H21BrN2O2. The molecule has 3 N–H and O–H groups in total. The lowest BCUT2D eigenvalue weighted by atomic mass is 10.1. The fourth-order valence-corrected chi connectivity index (χ4v) is 2.14. The highest BCUT2D eigenvalue weighted by molar-refractivity contribution is 9.10. The van der Waals surface area contributed by atoms with Crippen LogP contribution < -0.4 is 15.8 Å². The lowest BCUT2D eigenvalue weighted by Crippen LogP contribution is -2.36. The van der Waals surface area contributed by atoms with Crippen LogP contribution in [0.2, 0.25) is 0 Å². The fraction of sp³-hybridized carbons (Fsp3) is 0.400. The second-order valence-corrected chi connectivity index (χ2v) is 5.64. The Balaban J connectivity index is 2.80. The normalized spacial score (nSPS) is 13.4. The van der Waals surface area contributed by atoms with Crippen LogP contribution in [0.25, 0.3) is 0 Å². The number of rotatable bonds is 7. The van der Waals surface area contributed by atoms with Gasteiger partial charge in [-0.1, -0.05) is 22.0 Å². The number of nitrogens with two attached hydrogens (primary N) is 1. The monoisotopic (exact) mass is 340 g/mol. The van der Waals surface area contributed by atoms with E-state index in [-0.39, 0.29) is 11.9 Å². The molecule has 0 aliphatic heterocycles. The summed E-state index contributed by atoms with van der Waals surface area (Å²) in [4.78, 5) is 11.8. The number of hydrogen-bond acceptors (Lipinski definition) is 3. The number of ether oxygens (including phenoxy) is 1. The van der Waals surface area contributed by atoms with Crippen molar-refractivity contribution >= 4 is 21.8 Å². The molecule has 2 atom stereocenters. The minimum Gasteiger partial charge on any atom is -0.481 e. The second kappa shape index (κ2) is 8.07. The van der Waals surface area contributed by atoms with Crippen LogP contribution in [0.3, 0.4) is 0 Å². The SMILES string of the molecule is C=CCNC(=O)C(C)Oc1ccc(Br)cc1CC(C)N. The van der Waals surface area contributed by atoms with E-state index in [1.807, 2.05) is 25.1 Å². The largest absolute Gasteiger partial charge is 0.481 e. The van der Waals surface area contributed by atoms with Crippen LogP contribution in [0.5, 0.6) is 5.75 Å².